The highest BCUT2D eigenvalue weighted by atomic mass is 79.9. The van der Waals surface area contributed by atoms with Crippen molar-refractivity contribution >= 4 is 21.7 Å². The van der Waals surface area contributed by atoms with E-state index in [1.807, 2.05) is 12.3 Å². The van der Waals surface area contributed by atoms with E-state index < -0.39 is 0 Å². The lowest BCUT2D eigenvalue weighted by Crippen LogP contribution is -2.33. The minimum atomic E-state index is 0.621. The fourth-order valence-corrected chi connectivity index (χ4v) is 2.82. The molecular formula is C13H19BrN2. The van der Waals surface area contributed by atoms with E-state index >= 15 is 0 Å². The van der Waals surface area contributed by atoms with E-state index in [1.165, 1.54) is 37.1 Å². The molecule has 2 nitrogen and oxygen atoms in total. The van der Waals surface area contributed by atoms with Crippen LogP contribution < -0.4 is 4.90 Å². The Kier molecular flexibility index (Phi) is 4.22. The lowest BCUT2D eigenvalue weighted by Gasteiger charge is -2.29. The molecule has 0 saturated carbocycles. The average Bonchev–Trinajstić information content (AvgIpc) is 2.54. The lowest BCUT2D eigenvalue weighted by molar-refractivity contribution is 0.610. The van der Waals surface area contributed by atoms with Crippen molar-refractivity contribution in [3.05, 3.63) is 23.9 Å². The van der Waals surface area contributed by atoms with Gasteiger partial charge in [-0.1, -0.05) is 34.8 Å². The van der Waals surface area contributed by atoms with Crippen LogP contribution in [0.4, 0.5) is 5.82 Å². The second-order valence-electron chi connectivity index (χ2n) is 4.51. The number of nitrogens with zero attached hydrogens (tertiary/aromatic N) is 2. The molecule has 1 aliphatic rings. The Morgan fingerprint density at radius 2 is 2.31 bits per heavy atom. The van der Waals surface area contributed by atoms with Crippen molar-refractivity contribution in [2.75, 3.05) is 11.4 Å². The molecule has 16 heavy (non-hydrogen) atoms. The Morgan fingerprint density at radius 3 is 3.12 bits per heavy atom. The van der Waals surface area contributed by atoms with Crippen LogP contribution >= 0.6 is 15.9 Å². The Bertz CT molecular complexity index is 340. The minimum absolute atomic E-state index is 0.621. The van der Waals surface area contributed by atoms with Gasteiger partial charge < -0.3 is 4.90 Å². The molecule has 0 aromatic carbocycles. The molecule has 1 saturated heterocycles. The summed E-state index contributed by atoms with van der Waals surface area (Å²) in [6.07, 6.45) is 7.20. The summed E-state index contributed by atoms with van der Waals surface area (Å²) in [4.78, 5) is 7.04. The number of aromatic nitrogens is 1. The first-order valence-electron chi connectivity index (χ1n) is 6.09. The van der Waals surface area contributed by atoms with Gasteiger partial charge in [0.1, 0.15) is 5.82 Å². The zero-order valence-corrected chi connectivity index (χ0v) is 11.4. The Hall–Kier alpha value is -0.570. The summed E-state index contributed by atoms with van der Waals surface area (Å²) in [6.45, 7) is 3.47. The van der Waals surface area contributed by atoms with E-state index in [9.17, 15) is 0 Å². The van der Waals surface area contributed by atoms with E-state index in [-0.39, 0.29) is 0 Å². The highest BCUT2D eigenvalue weighted by Crippen LogP contribution is 2.26. The van der Waals surface area contributed by atoms with E-state index in [2.05, 4.69) is 38.8 Å². The third kappa shape index (κ3) is 2.57. The Labute approximate surface area is 106 Å². The smallest absolute Gasteiger partial charge is 0.132 e. The first-order valence-corrected chi connectivity index (χ1v) is 7.21. The van der Waals surface area contributed by atoms with Gasteiger partial charge in [-0.2, -0.15) is 0 Å². The molecule has 2 heterocycles. The molecule has 2 rings (SSSR count). The number of rotatable bonds is 2. The molecule has 88 valence electrons. The standard InChI is InChI=1S/C13H19BrN2/c1-11-6-3-2-4-9-16(11)13-12(10-14)7-5-8-15-13/h5,7-8,11H,2-4,6,9-10H2,1H3. The number of halogens is 1. The second-order valence-corrected chi connectivity index (χ2v) is 5.07. The van der Waals surface area contributed by atoms with Crippen molar-refractivity contribution < 1.29 is 0 Å². The van der Waals surface area contributed by atoms with Gasteiger partial charge in [-0.05, 0) is 25.8 Å². The van der Waals surface area contributed by atoms with Gasteiger partial charge in [0.05, 0.1) is 0 Å². The number of alkyl halides is 1. The van der Waals surface area contributed by atoms with Crippen LogP contribution in [0.5, 0.6) is 0 Å². The summed E-state index contributed by atoms with van der Waals surface area (Å²) in [5, 5.41) is 0.888. The third-order valence-corrected chi connectivity index (χ3v) is 3.94. The van der Waals surface area contributed by atoms with Crippen LogP contribution in [0.2, 0.25) is 0 Å². The minimum Gasteiger partial charge on any atom is -0.354 e. The van der Waals surface area contributed by atoms with Crippen molar-refractivity contribution in [3.8, 4) is 0 Å². The normalized spacial score (nSPS) is 21.9. The fraction of sp³-hybridized carbons (Fsp3) is 0.615. The van der Waals surface area contributed by atoms with Crippen LogP contribution in [0, 0.1) is 0 Å². The molecule has 1 aromatic heterocycles. The summed E-state index contributed by atoms with van der Waals surface area (Å²) in [5.41, 5.74) is 1.30. The topological polar surface area (TPSA) is 16.1 Å². The summed E-state index contributed by atoms with van der Waals surface area (Å²) in [5.74, 6) is 1.17. The van der Waals surface area contributed by atoms with Crippen molar-refractivity contribution in [1.29, 1.82) is 0 Å². The number of hydrogen-bond donors (Lipinski definition) is 0. The molecule has 1 unspecified atom stereocenters. The third-order valence-electron chi connectivity index (χ3n) is 3.34. The Morgan fingerprint density at radius 1 is 1.44 bits per heavy atom. The van der Waals surface area contributed by atoms with Crippen LogP contribution in [0.15, 0.2) is 18.3 Å². The lowest BCUT2D eigenvalue weighted by atomic mass is 10.1. The second kappa shape index (κ2) is 5.67. The summed E-state index contributed by atoms with van der Waals surface area (Å²) in [6, 6.07) is 4.80. The predicted molar refractivity (Wildman–Crippen MR) is 72.1 cm³/mol. The summed E-state index contributed by atoms with van der Waals surface area (Å²) in [7, 11) is 0. The molecule has 0 N–H and O–H groups in total. The first-order chi connectivity index (χ1) is 7.83. The summed E-state index contributed by atoms with van der Waals surface area (Å²) < 4.78 is 0. The zero-order chi connectivity index (χ0) is 11.4. The Balaban J connectivity index is 2.26. The SMILES string of the molecule is CC1CCCCCN1c1ncccc1CBr. The van der Waals surface area contributed by atoms with Gasteiger partial charge in [0.15, 0.2) is 0 Å². The van der Waals surface area contributed by atoms with Gasteiger partial charge in [0.25, 0.3) is 0 Å². The van der Waals surface area contributed by atoms with E-state index in [0.717, 1.165) is 11.9 Å². The van der Waals surface area contributed by atoms with Crippen LogP contribution in [0.3, 0.4) is 0 Å². The quantitative estimate of drug-likeness (QED) is 0.768. The van der Waals surface area contributed by atoms with Crippen molar-refractivity contribution in [1.82, 2.24) is 4.98 Å². The first kappa shape index (κ1) is 11.9. The highest BCUT2D eigenvalue weighted by molar-refractivity contribution is 9.08. The number of anilines is 1. The molecule has 1 aromatic rings. The maximum atomic E-state index is 4.56. The zero-order valence-electron chi connectivity index (χ0n) is 9.82. The highest BCUT2D eigenvalue weighted by Gasteiger charge is 2.19. The molecule has 0 bridgehead atoms. The van der Waals surface area contributed by atoms with Crippen LogP contribution in [0.25, 0.3) is 0 Å². The predicted octanol–water partition coefficient (Wildman–Crippen LogP) is 3.75. The molecule has 0 radical (unpaired) electrons. The fourth-order valence-electron chi connectivity index (χ4n) is 2.38. The maximum absolute atomic E-state index is 4.56. The molecule has 1 aliphatic heterocycles. The van der Waals surface area contributed by atoms with Crippen LogP contribution in [-0.2, 0) is 5.33 Å². The number of hydrogen-bond acceptors (Lipinski definition) is 2. The average molecular weight is 283 g/mol. The van der Waals surface area contributed by atoms with Gasteiger partial charge in [0, 0.05) is 29.7 Å². The maximum Gasteiger partial charge on any atom is 0.132 e. The molecule has 1 atom stereocenters. The largest absolute Gasteiger partial charge is 0.354 e. The van der Waals surface area contributed by atoms with Crippen molar-refractivity contribution in [3.63, 3.8) is 0 Å². The molecular weight excluding hydrogens is 264 g/mol. The molecule has 0 aliphatic carbocycles. The van der Waals surface area contributed by atoms with E-state index in [0.29, 0.717) is 6.04 Å². The summed E-state index contributed by atoms with van der Waals surface area (Å²) >= 11 is 3.55. The molecule has 3 heteroatoms. The van der Waals surface area contributed by atoms with Crippen molar-refractivity contribution in [2.24, 2.45) is 0 Å². The molecule has 1 fully saturated rings. The number of pyridine rings is 1. The van der Waals surface area contributed by atoms with Crippen LogP contribution in [0.1, 0.15) is 38.2 Å². The molecule has 0 spiro atoms. The van der Waals surface area contributed by atoms with Gasteiger partial charge in [0.2, 0.25) is 0 Å². The van der Waals surface area contributed by atoms with E-state index in [1.54, 1.807) is 0 Å². The van der Waals surface area contributed by atoms with Gasteiger partial charge in [-0.25, -0.2) is 4.98 Å². The van der Waals surface area contributed by atoms with Gasteiger partial charge >= 0.3 is 0 Å². The van der Waals surface area contributed by atoms with E-state index in [4.69, 9.17) is 0 Å². The van der Waals surface area contributed by atoms with Gasteiger partial charge in [-0.3, -0.25) is 0 Å². The van der Waals surface area contributed by atoms with Gasteiger partial charge in [-0.15, -0.1) is 0 Å². The molecule has 0 amide bonds. The monoisotopic (exact) mass is 282 g/mol. The van der Waals surface area contributed by atoms with Crippen LogP contribution in [-0.4, -0.2) is 17.6 Å². The van der Waals surface area contributed by atoms with Crippen molar-refractivity contribution in [2.45, 2.75) is 44.0 Å².